The molecule has 0 saturated heterocycles. The van der Waals surface area contributed by atoms with E-state index in [2.05, 4.69) is 0 Å². The van der Waals surface area contributed by atoms with E-state index in [1.165, 1.54) is 14.1 Å². The molecule has 0 unspecified atom stereocenters. The van der Waals surface area contributed by atoms with Crippen LogP contribution in [-0.4, -0.2) is 26.8 Å². The molecule has 0 spiro atoms. The van der Waals surface area contributed by atoms with Crippen molar-refractivity contribution in [3.05, 3.63) is 5.21 Å². The van der Waals surface area contributed by atoms with Crippen LogP contribution in [0.4, 0.5) is 0 Å². The molecule has 0 aromatic rings. The number of nitrogens with zero attached hydrogens (tertiary/aromatic N) is 1. The maximum atomic E-state index is 10.4. The summed E-state index contributed by atoms with van der Waals surface area (Å²) >= 11 is 4.93. The average molecular weight is 157 g/mol. The maximum Gasteiger partial charge on any atom is 0.0976 e. The molecule has 3 nitrogen and oxygen atoms in total. The molecule has 0 N–H and O–H groups in total. The van der Waals surface area contributed by atoms with Gasteiger partial charge in [-0.2, -0.15) is 0 Å². The van der Waals surface area contributed by atoms with Gasteiger partial charge in [0.2, 0.25) is 0 Å². The Morgan fingerprint density at radius 3 is 1.88 bits per heavy atom. The standard InChI is InChI=1S/C3H7ClNO2S/c1-5(2)8(6,7)3-4/h3H,1-2H3/q-1. The molecule has 0 atom stereocenters. The molecule has 0 saturated carbocycles. The highest BCUT2D eigenvalue weighted by atomic mass is 35.5. The molecule has 0 bridgehead atoms. The van der Waals surface area contributed by atoms with Gasteiger partial charge in [-0.05, 0) is 14.1 Å². The maximum absolute atomic E-state index is 10.4. The normalized spacial score (nSPS) is 12.5. The van der Waals surface area contributed by atoms with Crippen molar-refractivity contribution in [1.82, 2.24) is 4.31 Å². The third kappa shape index (κ3) is 1.98. The highest BCUT2D eigenvalue weighted by molar-refractivity contribution is 7.92. The molecule has 0 aliphatic heterocycles. The van der Waals surface area contributed by atoms with Crippen LogP contribution < -0.4 is 0 Å². The minimum absolute atomic E-state index is 0.632. The van der Waals surface area contributed by atoms with E-state index in [9.17, 15) is 8.42 Å². The molecule has 0 heterocycles. The van der Waals surface area contributed by atoms with Gasteiger partial charge < -0.3 is 11.6 Å². The van der Waals surface area contributed by atoms with Crippen LogP contribution in [0.5, 0.6) is 0 Å². The van der Waals surface area contributed by atoms with E-state index in [1.54, 1.807) is 0 Å². The van der Waals surface area contributed by atoms with Gasteiger partial charge >= 0.3 is 0 Å². The lowest BCUT2D eigenvalue weighted by atomic mass is 11.3. The van der Waals surface area contributed by atoms with Gasteiger partial charge in [-0.15, -0.1) is 5.21 Å². The Hall–Kier alpha value is 0.200. The minimum Gasteiger partial charge on any atom is -0.331 e. The van der Waals surface area contributed by atoms with E-state index in [0.29, 0.717) is 5.21 Å². The zero-order valence-corrected chi connectivity index (χ0v) is 6.20. The summed E-state index contributed by atoms with van der Waals surface area (Å²) in [6.07, 6.45) is 0. The van der Waals surface area contributed by atoms with Crippen LogP contribution in [0.2, 0.25) is 0 Å². The first-order chi connectivity index (χ1) is 3.50. The van der Waals surface area contributed by atoms with Crippen molar-refractivity contribution in [3.63, 3.8) is 0 Å². The fraction of sp³-hybridized carbons (Fsp3) is 0.667. The second-order valence-corrected chi connectivity index (χ2v) is 3.89. The second-order valence-electron chi connectivity index (χ2n) is 1.42. The summed E-state index contributed by atoms with van der Waals surface area (Å²) in [5.41, 5.74) is 0. The zero-order valence-electron chi connectivity index (χ0n) is 4.63. The van der Waals surface area contributed by atoms with Crippen molar-refractivity contribution in [2.24, 2.45) is 0 Å². The van der Waals surface area contributed by atoms with Gasteiger partial charge in [-0.1, -0.05) is 0 Å². The molecule has 5 heteroatoms. The Labute approximate surface area is 54.3 Å². The predicted octanol–water partition coefficient (Wildman–Crippen LogP) is 0.236. The van der Waals surface area contributed by atoms with Gasteiger partial charge in [0.1, 0.15) is 0 Å². The molecule has 0 rings (SSSR count). The summed E-state index contributed by atoms with van der Waals surface area (Å²) in [7, 11) is -0.440. The van der Waals surface area contributed by atoms with Crippen LogP contribution in [0.25, 0.3) is 0 Å². The Morgan fingerprint density at radius 2 is 1.88 bits per heavy atom. The Morgan fingerprint density at radius 1 is 1.50 bits per heavy atom. The van der Waals surface area contributed by atoms with E-state index in [-0.39, 0.29) is 0 Å². The van der Waals surface area contributed by atoms with Crippen molar-refractivity contribution in [2.75, 3.05) is 14.1 Å². The van der Waals surface area contributed by atoms with E-state index in [4.69, 9.17) is 11.6 Å². The van der Waals surface area contributed by atoms with Crippen LogP contribution in [0.15, 0.2) is 0 Å². The number of sulfonamides is 1. The molecular weight excluding hydrogens is 150 g/mol. The Bertz CT molecular complexity index is 151. The van der Waals surface area contributed by atoms with Crippen molar-refractivity contribution in [1.29, 1.82) is 0 Å². The SMILES string of the molecule is CN(C)S(=O)(=O)[CH-]Cl. The summed E-state index contributed by atoms with van der Waals surface area (Å²) in [5.74, 6) is 0. The minimum atomic E-state index is -3.26. The quantitative estimate of drug-likeness (QED) is 0.537. The number of hydrogen-bond acceptors (Lipinski definition) is 2. The summed E-state index contributed by atoms with van der Waals surface area (Å²) < 4.78 is 21.9. The van der Waals surface area contributed by atoms with E-state index in [0.717, 1.165) is 4.31 Å². The molecule has 0 aromatic carbocycles. The average Bonchev–Trinajstić information content (AvgIpc) is 1.67. The first kappa shape index (κ1) is 8.20. The highest BCUT2D eigenvalue weighted by Crippen LogP contribution is 2.00. The largest absolute Gasteiger partial charge is 0.331 e. The molecule has 0 aliphatic carbocycles. The highest BCUT2D eigenvalue weighted by Gasteiger charge is 1.98. The smallest absolute Gasteiger partial charge is 0.0976 e. The molecular formula is C3H7ClNO2S-. The summed E-state index contributed by atoms with van der Waals surface area (Å²) in [4.78, 5) is 0. The van der Waals surface area contributed by atoms with Gasteiger partial charge in [-0.25, -0.2) is 12.7 Å². The van der Waals surface area contributed by atoms with Crippen LogP contribution >= 0.6 is 11.6 Å². The third-order valence-corrected chi connectivity index (χ3v) is 2.54. The summed E-state index contributed by atoms with van der Waals surface area (Å²) in [6, 6.07) is 0. The predicted molar refractivity (Wildman–Crippen MR) is 32.8 cm³/mol. The van der Waals surface area contributed by atoms with Gasteiger partial charge in [0.25, 0.3) is 0 Å². The molecule has 0 aromatic heterocycles. The van der Waals surface area contributed by atoms with Crippen LogP contribution in [0.1, 0.15) is 0 Å². The first-order valence-electron chi connectivity index (χ1n) is 1.86. The summed E-state index contributed by atoms with van der Waals surface area (Å²) in [5, 5.41) is 0.632. The third-order valence-electron chi connectivity index (χ3n) is 0.622. The van der Waals surface area contributed by atoms with Crippen LogP contribution in [0.3, 0.4) is 0 Å². The topological polar surface area (TPSA) is 37.4 Å². The molecule has 0 amide bonds. The van der Waals surface area contributed by atoms with Crippen LogP contribution in [0, 0.1) is 5.21 Å². The molecule has 50 valence electrons. The number of hydrogen-bond donors (Lipinski definition) is 0. The van der Waals surface area contributed by atoms with Gasteiger partial charge in [0.15, 0.2) is 0 Å². The van der Waals surface area contributed by atoms with Crippen molar-refractivity contribution >= 4 is 21.6 Å². The molecule has 0 radical (unpaired) electrons. The lowest BCUT2D eigenvalue weighted by molar-refractivity contribution is 0.529. The lowest BCUT2D eigenvalue weighted by Gasteiger charge is -2.14. The van der Waals surface area contributed by atoms with Gasteiger partial charge in [-0.3, -0.25) is 0 Å². The first-order valence-corrected chi connectivity index (χ1v) is 3.80. The second kappa shape index (κ2) is 2.66. The van der Waals surface area contributed by atoms with Crippen LogP contribution in [-0.2, 0) is 10.0 Å². The monoisotopic (exact) mass is 156 g/mol. The van der Waals surface area contributed by atoms with E-state index >= 15 is 0 Å². The Balaban J connectivity index is 4.17. The summed E-state index contributed by atoms with van der Waals surface area (Å²) in [6.45, 7) is 0. The molecule has 0 fully saturated rings. The molecule has 0 aliphatic rings. The van der Waals surface area contributed by atoms with Gasteiger partial charge in [0, 0.05) is 0 Å². The molecule has 8 heavy (non-hydrogen) atoms. The fourth-order valence-electron chi connectivity index (χ4n) is 0.0797. The Kier molecular flexibility index (Phi) is 2.73. The van der Waals surface area contributed by atoms with Crippen molar-refractivity contribution < 1.29 is 8.42 Å². The van der Waals surface area contributed by atoms with E-state index in [1.807, 2.05) is 0 Å². The van der Waals surface area contributed by atoms with E-state index < -0.39 is 10.0 Å². The fourth-order valence-corrected chi connectivity index (χ4v) is 0.717. The van der Waals surface area contributed by atoms with Crippen molar-refractivity contribution in [2.45, 2.75) is 0 Å². The number of rotatable bonds is 2. The number of halogens is 1. The zero-order chi connectivity index (χ0) is 6.78. The van der Waals surface area contributed by atoms with Gasteiger partial charge in [0.05, 0.1) is 10.0 Å². The lowest BCUT2D eigenvalue weighted by Crippen LogP contribution is -2.20. The van der Waals surface area contributed by atoms with Crippen molar-refractivity contribution in [3.8, 4) is 0 Å².